The molecule has 0 spiro atoms. The third-order valence-corrected chi connectivity index (χ3v) is 0.686. The number of amides is 3. The molecule has 0 atom stereocenters. The van der Waals surface area contributed by atoms with Crippen molar-refractivity contribution in [2.45, 2.75) is 6.92 Å². The molecule has 0 aromatic heterocycles. The van der Waals surface area contributed by atoms with Crippen LogP contribution in [0.3, 0.4) is 0 Å². The van der Waals surface area contributed by atoms with Crippen molar-refractivity contribution in [3.05, 3.63) is 25.3 Å². The molecule has 0 fully saturated rings. The molecule has 0 aliphatic heterocycles. The second-order valence-electron chi connectivity index (χ2n) is 1.86. The van der Waals surface area contributed by atoms with Gasteiger partial charge in [0.05, 0.1) is 0 Å². The SMILES string of the molecule is C=CC(=O)NC(C)=O.C=CC(N)=O.C=O. The maximum Gasteiger partial charge on any atom is 0.249 e. The second kappa shape index (κ2) is 14.3. The summed E-state index contributed by atoms with van der Waals surface area (Å²) in [5.41, 5.74) is 4.53. The molecule has 0 aromatic rings. The van der Waals surface area contributed by atoms with Crippen LogP contribution in [0.5, 0.6) is 0 Å². The first-order chi connectivity index (χ1) is 6.93. The van der Waals surface area contributed by atoms with Crippen molar-refractivity contribution in [2.75, 3.05) is 0 Å². The summed E-state index contributed by atoms with van der Waals surface area (Å²) < 4.78 is 0. The summed E-state index contributed by atoms with van der Waals surface area (Å²) >= 11 is 0. The lowest BCUT2D eigenvalue weighted by Gasteiger charge is -1.89. The molecular formula is C9H14N2O4. The average molecular weight is 214 g/mol. The average Bonchev–Trinajstić information content (AvgIpc) is 2.20. The maximum atomic E-state index is 10.2. The Labute approximate surface area is 87.8 Å². The van der Waals surface area contributed by atoms with Gasteiger partial charge in [0.25, 0.3) is 0 Å². The number of rotatable bonds is 2. The summed E-state index contributed by atoms with van der Waals surface area (Å²) in [6.45, 7) is 9.50. The van der Waals surface area contributed by atoms with Gasteiger partial charge >= 0.3 is 0 Å². The summed E-state index contributed by atoms with van der Waals surface area (Å²) in [6.07, 6.45) is 2.10. The first-order valence-electron chi connectivity index (χ1n) is 3.58. The summed E-state index contributed by atoms with van der Waals surface area (Å²) in [6, 6.07) is 0. The zero-order valence-electron chi connectivity index (χ0n) is 8.49. The van der Waals surface area contributed by atoms with Gasteiger partial charge in [-0.3, -0.25) is 19.7 Å². The summed E-state index contributed by atoms with van der Waals surface area (Å²) in [4.78, 5) is 37.7. The molecular weight excluding hydrogens is 200 g/mol. The zero-order chi connectivity index (χ0) is 12.9. The van der Waals surface area contributed by atoms with E-state index >= 15 is 0 Å². The summed E-state index contributed by atoms with van der Waals surface area (Å²) in [5.74, 6) is -1.31. The Hall–Kier alpha value is -2.24. The monoisotopic (exact) mass is 214 g/mol. The summed E-state index contributed by atoms with van der Waals surface area (Å²) in [5, 5.41) is 2.00. The fraction of sp³-hybridized carbons (Fsp3) is 0.111. The molecule has 3 amide bonds. The molecule has 15 heavy (non-hydrogen) atoms. The topological polar surface area (TPSA) is 106 Å². The van der Waals surface area contributed by atoms with Crippen molar-refractivity contribution in [2.24, 2.45) is 5.73 Å². The Balaban J connectivity index is -0.000000177. The molecule has 0 saturated carbocycles. The van der Waals surface area contributed by atoms with Crippen molar-refractivity contribution in [1.82, 2.24) is 5.32 Å². The number of carbonyl (C=O) groups is 4. The number of primary amides is 1. The normalized spacial score (nSPS) is 6.47. The molecule has 0 unspecified atom stereocenters. The molecule has 0 radical (unpaired) electrons. The number of hydrogen-bond acceptors (Lipinski definition) is 4. The molecule has 84 valence electrons. The fourth-order valence-corrected chi connectivity index (χ4v) is 0.225. The van der Waals surface area contributed by atoms with Gasteiger partial charge in [-0.25, -0.2) is 0 Å². The lowest BCUT2D eigenvalue weighted by Crippen LogP contribution is -2.25. The highest BCUT2D eigenvalue weighted by molar-refractivity contribution is 5.99. The molecule has 6 nitrogen and oxygen atoms in total. The molecule has 0 saturated heterocycles. The van der Waals surface area contributed by atoms with Gasteiger partial charge in [0.1, 0.15) is 6.79 Å². The standard InChI is InChI=1S/C5H7NO2.C3H5NO.CH2O/c1-3-5(8)6-4(2)7;1-2-3(4)5;1-2/h3H,1H2,2H3,(H,6,7,8);2H,1H2,(H2,4,5);1H2. The molecule has 0 rings (SSSR count). The van der Waals surface area contributed by atoms with Crippen molar-refractivity contribution < 1.29 is 19.2 Å². The Morgan fingerprint density at radius 3 is 1.53 bits per heavy atom. The van der Waals surface area contributed by atoms with Crippen molar-refractivity contribution >= 4 is 24.5 Å². The van der Waals surface area contributed by atoms with E-state index < -0.39 is 11.8 Å². The van der Waals surface area contributed by atoms with Crippen LogP contribution in [0.2, 0.25) is 0 Å². The first-order valence-corrected chi connectivity index (χ1v) is 3.58. The predicted octanol–water partition coefficient (Wildman–Crippen LogP) is -0.692. The molecule has 0 aromatic carbocycles. The predicted molar refractivity (Wildman–Crippen MR) is 55.5 cm³/mol. The van der Waals surface area contributed by atoms with E-state index in [-0.39, 0.29) is 5.91 Å². The number of hydrogen-bond donors (Lipinski definition) is 2. The van der Waals surface area contributed by atoms with E-state index in [9.17, 15) is 14.4 Å². The van der Waals surface area contributed by atoms with Crippen LogP contribution in [0.25, 0.3) is 0 Å². The largest absolute Gasteiger partial charge is 0.366 e. The third kappa shape index (κ3) is 33.8. The van der Waals surface area contributed by atoms with Gasteiger partial charge in [-0.1, -0.05) is 13.2 Å². The van der Waals surface area contributed by atoms with Crippen molar-refractivity contribution in [3.8, 4) is 0 Å². The van der Waals surface area contributed by atoms with Crippen LogP contribution in [0, 0.1) is 0 Å². The van der Waals surface area contributed by atoms with Crippen LogP contribution in [0.4, 0.5) is 0 Å². The minimum atomic E-state index is -0.481. The molecule has 6 heteroatoms. The van der Waals surface area contributed by atoms with Crippen LogP contribution >= 0.6 is 0 Å². The highest BCUT2D eigenvalue weighted by atomic mass is 16.2. The van der Waals surface area contributed by atoms with Crippen LogP contribution in [-0.4, -0.2) is 24.5 Å². The van der Waals surface area contributed by atoms with Crippen LogP contribution < -0.4 is 11.1 Å². The Kier molecular flexibility index (Phi) is 17.7. The second-order valence-corrected chi connectivity index (χ2v) is 1.86. The van der Waals surface area contributed by atoms with Gasteiger partial charge in [0, 0.05) is 6.92 Å². The number of nitrogens with one attached hydrogen (secondary N) is 1. The lowest BCUT2D eigenvalue weighted by atomic mass is 10.5. The summed E-state index contributed by atoms with van der Waals surface area (Å²) in [7, 11) is 0. The quantitative estimate of drug-likeness (QED) is 0.593. The number of carbonyl (C=O) groups excluding carboxylic acids is 4. The van der Waals surface area contributed by atoms with E-state index in [1.165, 1.54) is 6.92 Å². The van der Waals surface area contributed by atoms with E-state index in [2.05, 4.69) is 18.9 Å². The van der Waals surface area contributed by atoms with E-state index in [1.54, 1.807) is 0 Å². The van der Waals surface area contributed by atoms with Gasteiger partial charge < -0.3 is 10.5 Å². The van der Waals surface area contributed by atoms with Crippen molar-refractivity contribution in [3.63, 3.8) is 0 Å². The van der Waals surface area contributed by atoms with E-state index in [0.29, 0.717) is 0 Å². The molecule has 3 N–H and O–H groups in total. The minimum absolute atomic E-state index is 0.366. The first kappa shape index (κ1) is 18.5. The Morgan fingerprint density at radius 1 is 1.13 bits per heavy atom. The molecule has 0 aliphatic rings. The Morgan fingerprint density at radius 2 is 1.47 bits per heavy atom. The number of nitrogens with two attached hydrogens (primary N) is 1. The smallest absolute Gasteiger partial charge is 0.249 e. The highest BCUT2D eigenvalue weighted by Crippen LogP contribution is 1.64. The lowest BCUT2D eigenvalue weighted by molar-refractivity contribution is -0.126. The van der Waals surface area contributed by atoms with E-state index in [4.69, 9.17) is 4.79 Å². The highest BCUT2D eigenvalue weighted by Gasteiger charge is 1.93. The third-order valence-electron chi connectivity index (χ3n) is 0.686. The maximum absolute atomic E-state index is 10.2. The molecule has 0 bridgehead atoms. The van der Waals surface area contributed by atoms with Crippen LogP contribution in [0.15, 0.2) is 25.3 Å². The molecule has 0 heterocycles. The fourth-order valence-electron chi connectivity index (χ4n) is 0.225. The van der Waals surface area contributed by atoms with Gasteiger partial charge in [-0.2, -0.15) is 0 Å². The van der Waals surface area contributed by atoms with Crippen molar-refractivity contribution in [1.29, 1.82) is 0 Å². The van der Waals surface area contributed by atoms with E-state index in [1.807, 2.05) is 12.1 Å². The van der Waals surface area contributed by atoms with E-state index in [0.717, 1.165) is 12.2 Å². The molecule has 0 aliphatic carbocycles. The minimum Gasteiger partial charge on any atom is -0.366 e. The Bertz CT molecular complexity index is 248. The van der Waals surface area contributed by atoms with Crippen LogP contribution in [0.1, 0.15) is 6.92 Å². The zero-order valence-corrected chi connectivity index (χ0v) is 8.49. The van der Waals surface area contributed by atoms with Crippen LogP contribution in [-0.2, 0) is 19.2 Å². The van der Waals surface area contributed by atoms with Gasteiger partial charge in [0.2, 0.25) is 17.7 Å². The van der Waals surface area contributed by atoms with Gasteiger partial charge in [-0.05, 0) is 12.2 Å². The van der Waals surface area contributed by atoms with Gasteiger partial charge in [-0.15, -0.1) is 0 Å². The number of imide groups is 1. The van der Waals surface area contributed by atoms with Gasteiger partial charge in [0.15, 0.2) is 0 Å².